The van der Waals surface area contributed by atoms with Gasteiger partial charge in [0.05, 0.1) is 0 Å². The summed E-state index contributed by atoms with van der Waals surface area (Å²) in [6.07, 6.45) is 1.75. The molecule has 0 saturated heterocycles. The Bertz CT molecular complexity index is 734. The van der Waals surface area contributed by atoms with Gasteiger partial charge in [0.15, 0.2) is 11.6 Å². The summed E-state index contributed by atoms with van der Waals surface area (Å²) in [5, 5.41) is 3.11. The van der Waals surface area contributed by atoms with Gasteiger partial charge in [-0.15, -0.1) is 0 Å². The summed E-state index contributed by atoms with van der Waals surface area (Å²) in [7, 11) is 1.89. The number of aryl methyl sites for hydroxylation is 1. The average molecular weight is 265 g/mol. The number of hydrogen-bond donors (Lipinski definition) is 1. The first-order valence-electron chi connectivity index (χ1n) is 6.44. The first-order chi connectivity index (χ1) is 9.76. The number of hydrogen-bond acceptors (Lipinski definition) is 4. The van der Waals surface area contributed by atoms with Crippen molar-refractivity contribution in [2.45, 2.75) is 6.92 Å². The quantitative estimate of drug-likeness (QED) is 0.783. The zero-order chi connectivity index (χ0) is 13.9. The van der Waals surface area contributed by atoms with Crippen LogP contribution in [-0.2, 0) is 0 Å². The first-order valence-corrected chi connectivity index (χ1v) is 6.44. The molecule has 2 aromatic heterocycles. The molecule has 0 spiro atoms. The second kappa shape index (κ2) is 5.17. The van der Waals surface area contributed by atoms with E-state index in [-0.39, 0.29) is 0 Å². The largest absolute Gasteiger partial charge is 0.460 e. The Morgan fingerprint density at radius 3 is 2.75 bits per heavy atom. The van der Waals surface area contributed by atoms with E-state index < -0.39 is 0 Å². The number of rotatable bonds is 3. The molecule has 20 heavy (non-hydrogen) atoms. The maximum absolute atomic E-state index is 5.60. The highest BCUT2D eigenvalue weighted by Crippen LogP contribution is 2.23. The molecule has 0 aliphatic rings. The van der Waals surface area contributed by atoms with Crippen molar-refractivity contribution in [1.29, 1.82) is 0 Å². The average Bonchev–Trinajstić information content (AvgIpc) is 2.94. The Labute approximate surface area is 117 Å². The van der Waals surface area contributed by atoms with Gasteiger partial charge in [-0.3, -0.25) is 0 Å². The van der Waals surface area contributed by atoms with E-state index in [4.69, 9.17) is 4.42 Å². The lowest BCUT2D eigenvalue weighted by Crippen LogP contribution is -1.93. The lowest BCUT2D eigenvalue weighted by atomic mass is 10.2. The summed E-state index contributed by atoms with van der Waals surface area (Å²) in [5.74, 6) is 2.32. The zero-order valence-corrected chi connectivity index (χ0v) is 11.4. The molecule has 0 aliphatic heterocycles. The van der Waals surface area contributed by atoms with E-state index in [1.807, 2.05) is 56.4 Å². The van der Waals surface area contributed by atoms with Crippen LogP contribution in [0.2, 0.25) is 0 Å². The molecule has 0 atom stereocenters. The van der Waals surface area contributed by atoms with Gasteiger partial charge in [0.1, 0.15) is 11.5 Å². The zero-order valence-electron chi connectivity index (χ0n) is 11.4. The fourth-order valence-corrected chi connectivity index (χ4v) is 2.02. The summed E-state index contributed by atoms with van der Waals surface area (Å²) < 4.78 is 5.60. The van der Waals surface area contributed by atoms with Gasteiger partial charge in [-0.2, -0.15) is 0 Å². The molecular weight excluding hydrogens is 250 g/mol. The molecule has 4 heteroatoms. The monoisotopic (exact) mass is 265 g/mol. The number of nitrogens with zero attached hydrogens (tertiary/aromatic N) is 2. The SMILES string of the molecule is CNc1cccc(-c2nccc(-c3ccc(C)o3)n2)c1. The first kappa shape index (κ1) is 12.4. The van der Waals surface area contributed by atoms with Gasteiger partial charge in [0, 0.05) is 24.5 Å². The van der Waals surface area contributed by atoms with Crippen LogP contribution in [0.4, 0.5) is 5.69 Å². The van der Waals surface area contributed by atoms with Crippen LogP contribution >= 0.6 is 0 Å². The fraction of sp³-hybridized carbons (Fsp3) is 0.125. The van der Waals surface area contributed by atoms with Crippen molar-refractivity contribution < 1.29 is 4.42 Å². The summed E-state index contributed by atoms with van der Waals surface area (Å²) in [5.41, 5.74) is 2.80. The van der Waals surface area contributed by atoms with E-state index >= 15 is 0 Å². The predicted molar refractivity (Wildman–Crippen MR) is 79.5 cm³/mol. The third kappa shape index (κ3) is 2.40. The minimum atomic E-state index is 0.689. The molecule has 4 nitrogen and oxygen atoms in total. The Kier molecular flexibility index (Phi) is 3.21. The molecule has 0 saturated carbocycles. The van der Waals surface area contributed by atoms with Gasteiger partial charge in [0.25, 0.3) is 0 Å². The van der Waals surface area contributed by atoms with Gasteiger partial charge in [-0.05, 0) is 37.3 Å². The molecule has 0 radical (unpaired) electrons. The van der Waals surface area contributed by atoms with Crippen molar-refractivity contribution in [1.82, 2.24) is 9.97 Å². The van der Waals surface area contributed by atoms with E-state index in [1.165, 1.54) is 0 Å². The number of furan rings is 1. The van der Waals surface area contributed by atoms with Crippen molar-refractivity contribution >= 4 is 5.69 Å². The molecule has 3 aromatic rings. The number of aromatic nitrogens is 2. The third-order valence-electron chi connectivity index (χ3n) is 3.06. The van der Waals surface area contributed by atoms with Gasteiger partial charge in [-0.25, -0.2) is 9.97 Å². The molecule has 100 valence electrons. The maximum atomic E-state index is 5.60. The Morgan fingerprint density at radius 2 is 2.00 bits per heavy atom. The Morgan fingerprint density at radius 1 is 1.10 bits per heavy atom. The molecule has 1 aromatic carbocycles. The van der Waals surface area contributed by atoms with E-state index in [0.29, 0.717) is 5.82 Å². The van der Waals surface area contributed by atoms with Crippen LogP contribution in [0.3, 0.4) is 0 Å². The summed E-state index contributed by atoms with van der Waals surface area (Å²) in [6.45, 7) is 1.92. The normalized spacial score (nSPS) is 10.5. The minimum absolute atomic E-state index is 0.689. The van der Waals surface area contributed by atoms with Crippen LogP contribution in [0.25, 0.3) is 22.8 Å². The predicted octanol–water partition coefficient (Wildman–Crippen LogP) is 3.75. The second-order valence-electron chi connectivity index (χ2n) is 4.51. The van der Waals surface area contributed by atoms with Crippen molar-refractivity contribution in [2.24, 2.45) is 0 Å². The maximum Gasteiger partial charge on any atom is 0.159 e. The highest BCUT2D eigenvalue weighted by atomic mass is 16.3. The second-order valence-corrected chi connectivity index (χ2v) is 4.51. The lowest BCUT2D eigenvalue weighted by molar-refractivity contribution is 0.546. The molecule has 0 unspecified atom stereocenters. The van der Waals surface area contributed by atoms with Crippen LogP contribution in [-0.4, -0.2) is 17.0 Å². The number of nitrogens with one attached hydrogen (secondary N) is 1. The molecule has 0 aliphatic carbocycles. The molecule has 0 fully saturated rings. The van der Waals surface area contributed by atoms with Crippen LogP contribution in [0.5, 0.6) is 0 Å². The lowest BCUT2D eigenvalue weighted by Gasteiger charge is -2.04. The van der Waals surface area contributed by atoms with E-state index in [9.17, 15) is 0 Å². The fourth-order valence-electron chi connectivity index (χ4n) is 2.02. The summed E-state index contributed by atoms with van der Waals surface area (Å²) in [6, 6.07) is 13.7. The van der Waals surface area contributed by atoms with E-state index in [0.717, 1.165) is 28.5 Å². The molecule has 2 heterocycles. The van der Waals surface area contributed by atoms with Crippen LogP contribution in [0.1, 0.15) is 5.76 Å². The molecule has 3 rings (SSSR count). The van der Waals surface area contributed by atoms with Gasteiger partial charge in [0.2, 0.25) is 0 Å². The van der Waals surface area contributed by atoms with Crippen LogP contribution in [0.15, 0.2) is 53.1 Å². The van der Waals surface area contributed by atoms with Gasteiger partial charge < -0.3 is 9.73 Å². The number of benzene rings is 1. The number of anilines is 1. The highest BCUT2D eigenvalue weighted by Gasteiger charge is 2.07. The van der Waals surface area contributed by atoms with Crippen molar-refractivity contribution in [3.8, 4) is 22.8 Å². The molecule has 1 N–H and O–H groups in total. The Hall–Kier alpha value is -2.62. The van der Waals surface area contributed by atoms with Gasteiger partial charge in [-0.1, -0.05) is 12.1 Å². The summed E-state index contributed by atoms with van der Waals surface area (Å²) >= 11 is 0. The van der Waals surface area contributed by atoms with Crippen molar-refractivity contribution in [2.75, 3.05) is 12.4 Å². The molecule has 0 bridgehead atoms. The standard InChI is InChI=1S/C16H15N3O/c1-11-6-7-15(20-11)14-8-9-18-16(19-14)12-4-3-5-13(10-12)17-2/h3-10,17H,1-2H3. The smallest absolute Gasteiger partial charge is 0.159 e. The Balaban J connectivity index is 2.02. The van der Waals surface area contributed by atoms with E-state index in [2.05, 4.69) is 15.3 Å². The molecule has 0 amide bonds. The molecular formula is C16H15N3O. The topological polar surface area (TPSA) is 51.0 Å². The van der Waals surface area contributed by atoms with Crippen LogP contribution < -0.4 is 5.32 Å². The highest BCUT2D eigenvalue weighted by molar-refractivity contribution is 5.64. The van der Waals surface area contributed by atoms with Crippen molar-refractivity contribution in [3.63, 3.8) is 0 Å². The van der Waals surface area contributed by atoms with Crippen LogP contribution in [0, 0.1) is 6.92 Å². The van der Waals surface area contributed by atoms with Crippen molar-refractivity contribution in [3.05, 3.63) is 54.4 Å². The van der Waals surface area contributed by atoms with E-state index in [1.54, 1.807) is 6.20 Å². The van der Waals surface area contributed by atoms with Gasteiger partial charge >= 0.3 is 0 Å². The minimum Gasteiger partial charge on any atom is -0.460 e. The third-order valence-corrected chi connectivity index (χ3v) is 3.06. The summed E-state index contributed by atoms with van der Waals surface area (Å²) in [4.78, 5) is 8.91.